The molecule has 1 fully saturated rings. The number of aromatic nitrogens is 3. The Labute approximate surface area is 139 Å². The first-order valence-electron chi connectivity index (χ1n) is 8.23. The number of H-pyrrole nitrogens is 1. The Morgan fingerprint density at radius 1 is 1.42 bits per heavy atom. The zero-order valence-corrected chi connectivity index (χ0v) is 13.3. The van der Waals surface area contributed by atoms with Crippen molar-refractivity contribution in [3.63, 3.8) is 0 Å². The third-order valence-corrected chi connectivity index (χ3v) is 4.79. The van der Waals surface area contributed by atoms with E-state index in [2.05, 4.69) is 15.2 Å². The summed E-state index contributed by atoms with van der Waals surface area (Å²) in [7, 11) is 0. The van der Waals surface area contributed by atoms with Crippen LogP contribution < -0.4 is 0 Å². The maximum atomic E-state index is 12.8. The second-order valence-corrected chi connectivity index (χ2v) is 6.39. The van der Waals surface area contributed by atoms with Crippen LogP contribution >= 0.6 is 0 Å². The molecule has 126 valence electrons. The standard InChI is InChI=1S/C17H20N4O3/c22-15-9-21(8-11(15)7-12-3-1-2-5-18-12)17(23)16-13-10-24-6-4-14(13)19-20-16/h1-3,5,11,15,22H,4,6-10H2,(H,19,20)/t11-,15-/m1/s1. The largest absolute Gasteiger partial charge is 0.391 e. The first kappa shape index (κ1) is 15.3. The number of ether oxygens (including phenoxy) is 1. The van der Waals surface area contributed by atoms with Crippen molar-refractivity contribution < 1.29 is 14.6 Å². The van der Waals surface area contributed by atoms with Crippen molar-refractivity contribution >= 4 is 5.91 Å². The van der Waals surface area contributed by atoms with Crippen molar-refractivity contribution in [2.75, 3.05) is 19.7 Å². The lowest BCUT2D eigenvalue weighted by Crippen LogP contribution is -2.31. The fraction of sp³-hybridized carbons (Fsp3) is 0.471. The molecule has 0 bridgehead atoms. The van der Waals surface area contributed by atoms with Gasteiger partial charge in [0.15, 0.2) is 5.69 Å². The zero-order valence-electron chi connectivity index (χ0n) is 13.3. The van der Waals surface area contributed by atoms with Gasteiger partial charge in [-0.3, -0.25) is 14.9 Å². The topological polar surface area (TPSA) is 91.3 Å². The Bertz CT molecular complexity index is 731. The minimum atomic E-state index is -0.540. The molecule has 2 aromatic rings. The summed E-state index contributed by atoms with van der Waals surface area (Å²) >= 11 is 0. The highest BCUT2D eigenvalue weighted by Crippen LogP contribution is 2.25. The number of nitrogens with one attached hydrogen (secondary N) is 1. The van der Waals surface area contributed by atoms with Crippen LogP contribution in [0.5, 0.6) is 0 Å². The molecule has 2 aromatic heterocycles. The van der Waals surface area contributed by atoms with Crippen molar-refractivity contribution in [2.24, 2.45) is 5.92 Å². The number of aromatic amines is 1. The van der Waals surface area contributed by atoms with E-state index in [1.165, 1.54) is 0 Å². The van der Waals surface area contributed by atoms with E-state index >= 15 is 0 Å². The number of hydrogen-bond acceptors (Lipinski definition) is 5. The minimum absolute atomic E-state index is 0.00475. The van der Waals surface area contributed by atoms with Crippen LogP contribution in [0.15, 0.2) is 24.4 Å². The Balaban J connectivity index is 1.47. The van der Waals surface area contributed by atoms with Crippen molar-refractivity contribution in [3.05, 3.63) is 47.0 Å². The average Bonchev–Trinajstić information content (AvgIpc) is 3.19. The molecule has 4 rings (SSSR count). The first-order valence-corrected chi connectivity index (χ1v) is 8.23. The number of pyridine rings is 1. The first-order chi connectivity index (χ1) is 11.7. The van der Waals surface area contributed by atoms with Gasteiger partial charge in [-0.2, -0.15) is 5.10 Å². The van der Waals surface area contributed by atoms with Crippen LogP contribution in [0.4, 0.5) is 0 Å². The van der Waals surface area contributed by atoms with Gasteiger partial charge in [0.05, 0.1) is 19.3 Å². The molecule has 2 aliphatic rings. The smallest absolute Gasteiger partial charge is 0.274 e. The lowest BCUT2D eigenvalue weighted by molar-refractivity contribution is 0.0745. The molecule has 2 N–H and O–H groups in total. The number of β-amino-alcohol motifs (C(OH)–C–C–N with tert-alkyl or cyclic N) is 1. The second kappa shape index (κ2) is 6.33. The van der Waals surface area contributed by atoms with Gasteiger partial charge in [0.25, 0.3) is 5.91 Å². The molecule has 24 heavy (non-hydrogen) atoms. The number of rotatable bonds is 3. The van der Waals surface area contributed by atoms with E-state index in [1.807, 2.05) is 18.2 Å². The van der Waals surface area contributed by atoms with Gasteiger partial charge >= 0.3 is 0 Å². The van der Waals surface area contributed by atoms with Gasteiger partial charge in [-0.05, 0) is 18.6 Å². The number of nitrogens with zero attached hydrogens (tertiary/aromatic N) is 3. The van der Waals surface area contributed by atoms with Gasteiger partial charge in [-0.25, -0.2) is 0 Å². The summed E-state index contributed by atoms with van der Waals surface area (Å²) in [5.41, 5.74) is 3.19. The van der Waals surface area contributed by atoms with E-state index in [1.54, 1.807) is 11.1 Å². The molecule has 0 aromatic carbocycles. The van der Waals surface area contributed by atoms with E-state index in [-0.39, 0.29) is 11.8 Å². The summed E-state index contributed by atoms with van der Waals surface area (Å²) in [6.45, 7) is 1.91. The predicted octanol–water partition coefficient (Wildman–Crippen LogP) is 0.553. The monoisotopic (exact) mass is 328 g/mol. The molecule has 0 spiro atoms. The lowest BCUT2D eigenvalue weighted by atomic mass is 10.00. The van der Waals surface area contributed by atoms with Gasteiger partial charge < -0.3 is 14.7 Å². The third kappa shape index (κ3) is 2.81. The Morgan fingerprint density at radius 3 is 3.17 bits per heavy atom. The molecule has 1 amide bonds. The summed E-state index contributed by atoms with van der Waals surface area (Å²) in [5, 5.41) is 17.5. The van der Waals surface area contributed by atoms with E-state index < -0.39 is 6.10 Å². The van der Waals surface area contributed by atoms with Gasteiger partial charge in [0, 0.05) is 48.6 Å². The van der Waals surface area contributed by atoms with Crippen LogP contribution in [0.1, 0.15) is 27.4 Å². The Hall–Kier alpha value is -2.25. The van der Waals surface area contributed by atoms with Crippen LogP contribution in [0.2, 0.25) is 0 Å². The van der Waals surface area contributed by atoms with Gasteiger partial charge in [-0.1, -0.05) is 6.07 Å². The summed E-state index contributed by atoms with van der Waals surface area (Å²) in [4.78, 5) is 18.8. The molecule has 4 heterocycles. The van der Waals surface area contributed by atoms with Crippen LogP contribution in [0.25, 0.3) is 0 Å². The number of aliphatic hydroxyl groups excluding tert-OH is 1. The molecule has 0 saturated carbocycles. The fourth-order valence-corrected chi connectivity index (χ4v) is 3.45. The summed E-state index contributed by atoms with van der Waals surface area (Å²) in [5.74, 6) is -0.143. The highest BCUT2D eigenvalue weighted by Gasteiger charge is 2.36. The highest BCUT2D eigenvalue weighted by molar-refractivity contribution is 5.94. The molecule has 0 unspecified atom stereocenters. The number of hydrogen-bond donors (Lipinski definition) is 2. The molecular formula is C17H20N4O3. The van der Waals surface area contributed by atoms with Crippen molar-refractivity contribution in [2.45, 2.75) is 25.6 Å². The quantitative estimate of drug-likeness (QED) is 0.859. The molecule has 2 aliphatic heterocycles. The second-order valence-electron chi connectivity index (χ2n) is 6.39. The van der Waals surface area contributed by atoms with Crippen molar-refractivity contribution in [3.8, 4) is 0 Å². The Morgan fingerprint density at radius 2 is 2.33 bits per heavy atom. The normalized spacial score (nSPS) is 23.3. The van der Waals surface area contributed by atoms with Gasteiger partial charge in [0.1, 0.15) is 0 Å². The average molecular weight is 328 g/mol. The van der Waals surface area contributed by atoms with Gasteiger partial charge in [-0.15, -0.1) is 0 Å². The number of carbonyl (C=O) groups is 1. The van der Waals surface area contributed by atoms with Crippen LogP contribution in [0.3, 0.4) is 0 Å². The SMILES string of the molecule is O=C(c1n[nH]c2c1COCC2)N1C[C@@H](Cc2ccccn2)[C@H](O)C1. The molecular weight excluding hydrogens is 308 g/mol. The van der Waals surface area contributed by atoms with Crippen molar-refractivity contribution in [1.82, 2.24) is 20.1 Å². The maximum absolute atomic E-state index is 12.8. The number of amides is 1. The van der Waals surface area contributed by atoms with E-state index in [9.17, 15) is 9.90 Å². The van der Waals surface area contributed by atoms with Crippen molar-refractivity contribution in [1.29, 1.82) is 0 Å². The lowest BCUT2D eigenvalue weighted by Gasteiger charge is -2.17. The summed E-state index contributed by atoms with van der Waals surface area (Å²) in [6, 6.07) is 5.74. The predicted molar refractivity (Wildman–Crippen MR) is 85.3 cm³/mol. The number of carbonyl (C=O) groups excluding carboxylic acids is 1. The van der Waals surface area contributed by atoms with E-state index in [0.29, 0.717) is 38.4 Å². The summed E-state index contributed by atoms with van der Waals surface area (Å²) < 4.78 is 5.44. The van der Waals surface area contributed by atoms with Crippen LogP contribution in [-0.2, 0) is 24.2 Å². The summed E-state index contributed by atoms with van der Waals surface area (Å²) in [6.07, 6.45) is 2.62. The van der Waals surface area contributed by atoms with E-state index in [0.717, 1.165) is 23.4 Å². The molecule has 0 aliphatic carbocycles. The minimum Gasteiger partial charge on any atom is -0.391 e. The van der Waals surface area contributed by atoms with Crippen LogP contribution in [-0.4, -0.2) is 56.9 Å². The third-order valence-electron chi connectivity index (χ3n) is 4.79. The Kier molecular flexibility index (Phi) is 4.03. The molecule has 0 radical (unpaired) electrons. The number of fused-ring (bicyclic) bond motifs is 1. The molecule has 2 atom stereocenters. The van der Waals surface area contributed by atoms with E-state index in [4.69, 9.17) is 4.74 Å². The zero-order chi connectivity index (χ0) is 16.5. The molecule has 1 saturated heterocycles. The number of likely N-dealkylation sites (tertiary alicyclic amines) is 1. The van der Waals surface area contributed by atoms with Crippen LogP contribution in [0, 0.1) is 5.92 Å². The fourth-order valence-electron chi connectivity index (χ4n) is 3.45. The number of aliphatic hydroxyl groups is 1. The molecule has 7 nitrogen and oxygen atoms in total. The highest BCUT2D eigenvalue weighted by atomic mass is 16.5. The molecule has 7 heteroatoms. The maximum Gasteiger partial charge on any atom is 0.274 e. The van der Waals surface area contributed by atoms with Gasteiger partial charge in [0.2, 0.25) is 0 Å².